The van der Waals surface area contributed by atoms with Gasteiger partial charge in [-0.05, 0) is 19.8 Å². The minimum atomic E-state index is 0.400. The summed E-state index contributed by atoms with van der Waals surface area (Å²) >= 11 is 0. The van der Waals surface area contributed by atoms with Crippen molar-refractivity contribution in [2.45, 2.75) is 25.9 Å². The number of anilines is 2. The second kappa shape index (κ2) is 5.31. The molecule has 0 atom stereocenters. The van der Waals surface area contributed by atoms with E-state index in [1.807, 2.05) is 13.2 Å². The van der Waals surface area contributed by atoms with Gasteiger partial charge in [0.15, 0.2) is 0 Å². The lowest BCUT2D eigenvalue weighted by atomic mass is 10.1. The Hall–Kier alpha value is -1.36. The van der Waals surface area contributed by atoms with Crippen molar-refractivity contribution in [1.82, 2.24) is 9.97 Å². The monoisotopic (exact) mass is 236 g/mol. The summed E-state index contributed by atoms with van der Waals surface area (Å²) in [5, 5.41) is 2.98. The van der Waals surface area contributed by atoms with E-state index >= 15 is 0 Å². The molecule has 5 nitrogen and oxygen atoms in total. The number of methoxy groups -OCH3 is 1. The third kappa shape index (κ3) is 2.66. The molecule has 0 saturated carbocycles. The minimum Gasteiger partial charge on any atom is -0.381 e. The van der Waals surface area contributed by atoms with Crippen molar-refractivity contribution in [3.8, 4) is 0 Å². The Morgan fingerprint density at radius 1 is 1.41 bits per heavy atom. The van der Waals surface area contributed by atoms with E-state index in [1.165, 1.54) is 0 Å². The van der Waals surface area contributed by atoms with Gasteiger partial charge in [0.1, 0.15) is 5.82 Å². The van der Waals surface area contributed by atoms with Crippen LogP contribution in [0, 0.1) is 6.92 Å². The lowest BCUT2D eigenvalue weighted by molar-refractivity contribution is 0.0818. The number of nitrogens with one attached hydrogen (secondary N) is 1. The molecule has 1 aliphatic rings. The van der Waals surface area contributed by atoms with Crippen LogP contribution < -0.4 is 10.2 Å². The summed E-state index contributed by atoms with van der Waals surface area (Å²) in [5.74, 6) is 1.72. The van der Waals surface area contributed by atoms with Crippen LogP contribution in [-0.2, 0) is 4.74 Å². The van der Waals surface area contributed by atoms with Crippen molar-refractivity contribution in [3.05, 3.63) is 11.8 Å². The normalized spacial score (nSPS) is 17.2. The summed E-state index contributed by atoms with van der Waals surface area (Å²) in [4.78, 5) is 11.1. The average Bonchev–Trinajstić information content (AvgIpc) is 2.39. The summed E-state index contributed by atoms with van der Waals surface area (Å²) in [7, 11) is 3.63. The smallest absolute Gasteiger partial charge is 0.224 e. The van der Waals surface area contributed by atoms with Crippen molar-refractivity contribution in [2.75, 3.05) is 37.5 Å². The molecule has 2 heterocycles. The van der Waals surface area contributed by atoms with Gasteiger partial charge in [-0.1, -0.05) is 0 Å². The molecule has 1 aliphatic heterocycles. The van der Waals surface area contributed by atoms with Crippen LogP contribution in [0.15, 0.2) is 6.20 Å². The Morgan fingerprint density at radius 2 is 2.12 bits per heavy atom. The molecule has 1 N–H and O–H groups in total. The fourth-order valence-electron chi connectivity index (χ4n) is 2.18. The molecule has 0 aliphatic carbocycles. The number of nitrogens with zero attached hydrogens (tertiary/aromatic N) is 3. The van der Waals surface area contributed by atoms with E-state index in [4.69, 9.17) is 4.74 Å². The molecule has 1 aromatic rings. The fourth-order valence-corrected chi connectivity index (χ4v) is 2.18. The second-order valence-corrected chi connectivity index (χ2v) is 4.37. The molecule has 1 saturated heterocycles. The zero-order chi connectivity index (χ0) is 12.3. The molecule has 0 amide bonds. The first-order valence-corrected chi connectivity index (χ1v) is 6.03. The quantitative estimate of drug-likeness (QED) is 0.860. The van der Waals surface area contributed by atoms with E-state index < -0.39 is 0 Å². The summed E-state index contributed by atoms with van der Waals surface area (Å²) < 4.78 is 5.38. The SMILES string of the molecule is CNc1ncc(C)c(N2CCC(OC)CC2)n1. The van der Waals surface area contributed by atoms with Crippen molar-refractivity contribution >= 4 is 11.8 Å². The predicted molar refractivity (Wildman–Crippen MR) is 68.6 cm³/mol. The van der Waals surface area contributed by atoms with Gasteiger partial charge in [-0.25, -0.2) is 4.98 Å². The maximum atomic E-state index is 5.38. The molecule has 0 unspecified atom stereocenters. The first kappa shape index (κ1) is 12.1. The summed E-state index contributed by atoms with van der Waals surface area (Å²) in [6.45, 7) is 4.05. The van der Waals surface area contributed by atoms with Crippen molar-refractivity contribution in [3.63, 3.8) is 0 Å². The lowest BCUT2D eigenvalue weighted by Gasteiger charge is -2.32. The number of aryl methyl sites for hydroxylation is 1. The van der Waals surface area contributed by atoms with E-state index in [9.17, 15) is 0 Å². The summed E-state index contributed by atoms with van der Waals surface area (Å²) in [5.41, 5.74) is 1.12. The van der Waals surface area contributed by atoms with Crippen LogP contribution in [0.25, 0.3) is 0 Å². The minimum absolute atomic E-state index is 0.400. The Morgan fingerprint density at radius 3 is 2.71 bits per heavy atom. The number of piperidine rings is 1. The van der Waals surface area contributed by atoms with Crippen LogP contribution in [0.1, 0.15) is 18.4 Å². The van der Waals surface area contributed by atoms with Crippen molar-refractivity contribution < 1.29 is 4.74 Å². The molecule has 1 aromatic heterocycles. The van der Waals surface area contributed by atoms with Gasteiger partial charge in [0.05, 0.1) is 6.10 Å². The first-order chi connectivity index (χ1) is 8.24. The highest BCUT2D eigenvalue weighted by atomic mass is 16.5. The average molecular weight is 236 g/mol. The number of hydrogen-bond acceptors (Lipinski definition) is 5. The molecule has 5 heteroatoms. The molecule has 1 fully saturated rings. The third-order valence-electron chi connectivity index (χ3n) is 3.24. The van der Waals surface area contributed by atoms with Crippen LogP contribution in [0.5, 0.6) is 0 Å². The highest BCUT2D eigenvalue weighted by molar-refractivity contribution is 5.49. The van der Waals surface area contributed by atoms with E-state index in [1.54, 1.807) is 7.11 Å². The molecule has 94 valence electrons. The molecule has 0 spiro atoms. The molecule has 2 rings (SSSR count). The number of rotatable bonds is 3. The van der Waals surface area contributed by atoms with E-state index in [0.29, 0.717) is 12.1 Å². The van der Waals surface area contributed by atoms with Gasteiger partial charge >= 0.3 is 0 Å². The molecular formula is C12H20N4O. The zero-order valence-corrected chi connectivity index (χ0v) is 10.7. The van der Waals surface area contributed by atoms with E-state index in [2.05, 4.69) is 27.1 Å². The van der Waals surface area contributed by atoms with E-state index in [0.717, 1.165) is 37.3 Å². The third-order valence-corrected chi connectivity index (χ3v) is 3.24. The summed E-state index contributed by atoms with van der Waals surface area (Å²) in [6.07, 6.45) is 4.40. The van der Waals surface area contributed by atoms with Gasteiger partial charge in [-0.3, -0.25) is 0 Å². The van der Waals surface area contributed by atoms with Crippen LogP contribution in [0.3, 0.4) is 0 Å². The standard InChI is InChI=1S/C12H20N4O/c1-9-8-14-12(13-2)15-11(9)16-6-4-10(17-3)5-7-16/h8,10H,4-7H2,1-3H3,(H,13,14,15). The Kier molecular flexibility index (Phi) is 3.78. The largest absolute Gasteiger partial charge is 0.381 e. The Balaban J connectivity index is 2.12. The maximum Gasteiger partial charge on any atom is 0.224 e. The van der Waals surface area contributed by atoms with Gasteiger partial charge in [-0.2, -0.15) is 4.98 Å². The number of ether oxygens (including phenoxy) is 1. The first-order valence-electron chi connectivity index (χ1n) is 6.03. The highest BCUT2D eigenvalue weighted by Gasteiger charge is 2.21. The van der Waals surface area contributed by atoms with Crippen LogP contribution in [0.4, 0.5) is 11.8 Å². The number of aromatic nitrogens is 2. The van der Waals surface area contributed by atoms with Crippen LogP contribution in [0.2, 0.25) is 0 Å². The topological polar surface area (TPSA) is 50.3 Å². The lowest BCUT2D eigenvalue weighted by Crippen LogP contribution is -2.37. The molecule has 0 aromatic carbocycles. The van der Waals surface area contributed by atoms with Crippen molar-refractivity contribution in [1.29, 1.82) is 0 Å². The molecular weight excluding hydrogens is 216 g/mol. The number of hydrogen-bond donors (Lipinski definition) is 1. The maximum absolute atomic E-state index is 5.38. The van der Waals surface area contributed by atoms with Crippen molar-refractivity contribution in [2.24, 2.45) is 0 Å². The summed E-state index contributed by atoms with van der Waals surface area (Å²) in [6, 6.07) is 0. The molecule has 17 heavy (non-hydrogen) atoms. The van der Waals surface area contributed by atoms with Gasteiger partial charge in [0, 0.05) is 39.0 Å². The highest BCUT2D eigenvalue weighted by Crippen LogP contribution is 2.22. The Bertz CT molecular complexity index is 375. The predicted octanol–water partition coefficient (Wildman–Crippen LogP) is 1.44. The second-order valence-electron chi connectivity index (χ2n) is 4.37. The Labute approximate surface area is 102 Å². The van der Waals surface area contributed by atoms with Gasteiger partial charge < -0.3 is 15.0 Å². The van der Waals surface area contributed by atoms with Gasteiger partial charge in [-0.15, -0.1) is 0 Å². The van der Waals surface area contributed by atoms with Crippen LogP contribution >= 0.6 is 0 Å². The molecule has 0 radical (unpaired) electrons. The van der Waals surface area contributed by atoms with Gasteiger partial charge in [0.2, 0.25) is 5.95 Å². The van der Waals surface area contributed by atoms with Crippen LogP contribution in [-0.4, -0.2) is 43.3 Å². The zero-order valence-electron chi connectivity index (χ0n) is 10.7. The molecule has 0 bridgehead atoms. The van der Waals surface area contributed by atoms with E-state index in [-0.39, 0.29) is 0 Å². The van der Waals surface area contributed by atoms with Gasteiger partial charge in [0.25, 0.3) is 0 Å². The fraction of sp³-hybridized carbons (Fsp3) is 0.667.